The average molecular weight is 365 g/mol. The number of benzene rings is 2. The van der Waals surface area contributed by atoms with E-state index in [2.05, 4.69) is 25.1 Å². The van der Waals surface area contributed by atoms with Crippen molar-refractivity contribution in [1.29, 1.82) is 0 Å². The Bertz CT molecular complexity index is 798. The van der Waals surface area contributed by atoms with Crippen LogP contribution >= 0.6 is 0 Å². The molecule has 4 nitrogen and oxygen atoms in total. The summed E-state index contributed by atoms with van der Waals surface area (Å²) < 4.78 is 11.5. The molecule has 2 aliphatic heterocycles. The molecule has 27 heavy (non-hydrogen) atoms. The highest BCUT2D eigenvalue weighted by Crippen LogP contribution is 2.35. The zero-order valence-corrected chi connectivity index (χ0v) is 15.9. The number of ether oxygens (including phenoxy) is 2. The molecule has 0 bridgehead atoms. The van der Waals surface area contributed by atoms with Gasteiger partial charge in [0.2, 0.25) is 0 Å². The summed E-state index contributed by atoms with van der Waals surface area (Å²) in [5.74, 6) is 0.554. The van der Waals surface area contributed by atoms with Crippen LogP contribution in [0.4, 0.5) is 5.69 Å². The summed E-state index contributed by atoms with van der Waals surface area (Å²) in [7, 11) is 0. The number of carbonyl (C=O) groups excluding carboxylic acids is 1. The molecule has 4 heteroatoms. The van der Waals surface area contributed by atoms with E-state index in [1.807, 2.05) is 35.2 Å². The molecule has 2 aliphatic rings. The highest BCUT2D eigenvalue weighted by atomic mass is 16.5. The molecule has 0 aliphatic carbocycles. The molecule has 1 unspecified atom stereocenters. The van der Waals surface area contributed by atoms with Gasteiger partial charge in [0.25, 0.3) is 5.91 Å². The minimum absolute atomic E-state index is 0.0699. The second-order valence-corrected chi connectivity index (χ2v) is 7.49. The van der Waals surface area contributed by atoms with Crippen LogP contribution in [0.15, 0.2) is 48.5 Å². The SMILES string of the molecule is CC1CCN(C(=O)c2ccccc2COC2CCOCC2)c2ccccc21. The molecule has 2 heterocycles. The summed E-state index contributed by atoms with van der Waals surface area (Å²) in [6, 6.07) is 16.1. The minimum atomic E-state index is 0.0699. The summed E-state index contributed by atoms with van der Waals surface area (Å²) in [6.45, 7) is 4.98. The first-order valence-electron chi connectivity index (χ1n) is 9.92. The number of para-hydroxylation sites is 1. The summed E-state index contributed by atoms with van der Waals surface area (Å²) in [6.07, 6.45) is 3.06. The number of nitrogens with zero attached hydrogens (tertiary/aromatic N) is 1. The lowest BCUT2D eigenvalue weighted by molar-refractivity contribution is -0.0391. The molecular weight excluding hydrogens is 338 g/mol. The second-order valence-electron chi connectivity index (χ2n) is 7.49. The van der Waals surface area contributed by atoms with E-state index in [9.17, 15) is 4.79 Å². The molecule has 2 aromatic carbocycles. The number of amides is 1. The first kappa shape index (κ1) is 18.2. The lowest BCUT2D eigenvalue weighted by atomic mass is 9.91. The van der Waals surface area contributed by atoms with Crippen LogP contribution in [0, 0.1) is 0 Å². The smallest absolute Gasteiger partial charge is 0.258 e. The molecule has 0 saturated carbocycles. The topological polar surface area (TPSA) is 38.8 Å². The van der Waals surface area contributed by atoms with Crippen LogP contribution in [0.25, 0.3) is 0 Å². The van der Waals surface area contributed by atoms with E-state index < -0.39 is 0 Å². The Hall–Kier alpha value is -2.17. The largest absolute Gasteiger partial charge is 0.381 e. The van der Waals surface area contributed by atoms with Crippen molar-refractivity contribution < 1.29 is 14.3 Å². The first-order chi connectivity index (χ1) is 13.2. The molecule has 142 valence electrons. The van der Waals surface area contributed by atoms with Gasteiger partial charge in [0, 0.05) is 31.0 Å². The number of anilines is 1. The van der Waals surface area contributed by atoms with Gasteiger partial charge in [0.15, 0.2) is 0 Å². The first-order valence-corrected chi connectivity index (χ1v) is 9.92. The van der Waals surface area contributed by atoms with Crippen LogP contribution in [-0.2, 0) is 16.1 Å². The van der Waals surface area contributed by atoms with Crippen molar-refractivity contribution in [1.82, 2.24) is 0 Å². The summed E-state index contributed by atoms with van der Waals surface area (Å²) in [5.41, 5.74) is 4.01. The fourth-order valence-electron chi connectivity index (χ4n) is 4.01. The van der Waals surface area contributed by atoms with E-state index in [-0.39, 0.29) is 12.0 Å². The Morgan fingerprint density at radius 1 is 1.07 bits per heavy atom. The van der Waals surface area contributed by atoms with Gasteiger partial charge in [-0.3, -0.25) is 4.79 Å². The van der Waals surface area contributed by atoms with Crippen LogP contribution in [0.5, 0.6) is 0 Å². The maximum Gasteiger partial charge on any atom is 0.258 e. The van der Waals surface area contributed by atoms with Crippen molar-refractivity contribution in [3.8, 4) is 0 Å². The van der Waals surface area contributed by atoms with Gasteiger partial charge < -0.3 is 14.4 Å². The number of fused-ring (bicyclic) bond motifs is 1. The zero-order chi connectivity index (χ0) is 18.6. The molecule has 1 saturated heterocycles. The molecule has 2 aromatic rings. The lowest BCUT2D eigenvalue weighted by Gasteiger charge is -2.33. The Morgan fingerprint density at radius 2 is 1.81 bits per heavy atom. The Balaban J connectivity index is 1.55. The highest BCUT2D eigenvalue weighted by Gasteiger charge is 2.28. The van der Waals surface area contributed by atoms with Gasteiger partial charge in [-0.25, -0.2) is 0 Å². The van der Waals surface area contributed by atoms with Gasteiger partial charge in [0.1, 0.15) is 0 Å². The normalized spacial score (nSPS) is 20.3. The Morgan fingerprint density at radius 3 is 2.67 bits per heavy atom. The van der Waals surface area contributed by atoms with Crippen molar-refractivity contribution in [2.45, 2.75) is 44.8 Å². The van der Waals surface area contributed by atoms with Gasteiger partial charge in [-0.15, -0.1) is 0 Å². The molecule has 0 N–H and O–H groups in total. The lowest BCUT2D eigenvalue weighted by Crippen LogP contribution is -2.37. The van der Waals surface area contributed by atoms with Gasteiger partial charge in [-0.1, -0.05) is 43.3 Å². The van der Waals surface area contributed by atoms with Crippen molar-refractivity contribution >= 4 is 11.6 Å². The Kier molecular flexibility index (Phi) is 5.55. The summed E-state index contributed by atoms with van der Waals surface area (Å²) >= 11 is 0. The van der Waals surface area contributed by atoms with E-state index in [1.54, 1.807) is 0 Å². The number of hydrogen-bond donors (Lipinski definition) is 0. The molecule has 1 fully saturated rings. The maximum absolute atomic E-state index is 13.4. The van der Waals surface area contributed by atoms with Crippen LogP contribution in [-0.4, -0.2) is 31.8 Å². The monoisotopic (exact) mass is 365 g/mol. The average Bonchev–Trinajstić information content (AvgIpc) is 2.73. The van der Waals surface area contributed by atoms with Gasteiger partial charge >= 0.3 is 0 Å². The van der Waals surface area contributed by atoms with Crippen LogP contribution < -0.4 is 4.90 Å². The van der Waals surface area contributed by atoms with Gasteiger partial charge in [0.05, 0.1) is 12.7 Å². The van der Waals surface area contributed by atoms with E-state index in [0.29, 0.717) is 12.5 Å². The minimum Gasteiger partial charge on any atom is -0.381 e. The molecular formula is C23H27NO3. The van der Waals surface area contributed by atoms with Crippen LogP contribution in [0.1, 0.15) is 53.6 Å². The third-order valence-electron chi connectivity index (χ3n) is 5.68. The summed E-state index contributed by atoms with van der Waals surface area (Å²) in [4.78, 5) is 15.3. The van der Waals surface area contributed by atoms with Crippen molar-refractivity contribution in [3.63, 3.8) is 0 Å². The van der Waals surface area contributed by atoms with E-state index >= 15 is 0 Å². The standard InChI is InChI=1S/C23H27NO3/c1-17-10-13-24(22-9-5-4-7-20(17)22)23(25)21-8-3-2-6-18(21)16-27-19-11-14-26-15-12-19/h2-9,17,19H,10-16H2,1H3. The molecule has 0 radical (unpaired) electrons. The van der Waals surface area contributed by atoms with Crippen molar-refractivity contribution in [3.05, 3.63) is 65.2 Å². The third kappa shape index (κ3) is 3.92. The van der Waals surface area contributed by atoms with E-state index in [0.717, 1.165) is 55.8 Å². The molecule has 4 rings (SSSR count). The summed E-state index contributed by atoms with van der Waals surface area (Å²) in [5, 5.41) is 0. The zero-order valence-electron chi connectivity index (χ0n) is 15.9. The Labute approximate surface area is 161 Å². The number of rotatable bonds is 4. The van der Waals surface area contributed by atoms with Crippen molar-refractivity contribution in [2.24, 2.45) is 0 Å². The predicted molar refractivity (Wildman–Crippen MR) is 106 cm³/mol. The van der Waals surface area contributed by atoms with Crippen molar-refractivity contribution in [2.75, 3.05) is 24.7 Å². The van der Waals surface area contributed by atoms with Gasteiger partial charge in [-0.05, 0) is 48.4 Å². The maximum atomic E-state index is 13.4. The highest BCUT2D eigenvalue weighted by molar-refractivity contribution is 6.07. The number of carbonyl (C=O) groups is 1. The third-order valence-corrected chi connectivity index (χ3v) is 5.68. The second kappa shape index (κ2) is 8.24. The van der Waals surface area contributed by atoms with Gasteiger partial charge in [-0.2, -0.15) is 0 Å². The molecule has 0 aromatic heterocycles. The van der Waals surface area contributed by atoms with E-state index in [4.69, 9.17) is 9.47 Å². The fourth-order valence-corrected chi connectivity index (χ4v) is 4.01. The molecule has 0 spiro atoms. The molecule has 1 amide bonds. The van der Waals surface area contributed by atoms with Crippen LogP contribution in [0.3, 0.4) is 0 Å². The quantitative estimate of drug-likeness (QED) is 0.799. The van der Waals surface area contributed by atoms with Crippen LogP contribution in [0.2, 0.25) is 0 Å². The molecule has 1 atom stereocenters. The fraction of sp³-hybridized carbons (Fsp3) is 0.435. The number of hydrogen-bond acceptors (Lipinski definition) is 3. The predicted octanol–water partition coefficient (Wildman–Crippen LogP) is 4.54. The van der Waals surface area contributed by atoms with E-state index in [1.165, 1.54) is 5.56 Å².